The van der Waals surface area contributed by atoms with Gasteiger partial charge < -0.3 is 9.84 Å². The predicted octanol–water partition coefficient (Wildman–Crippen LogP) is -0.534. The predicted molar refractivity (Wildman–Crippen MR) is 37.4 cm³/mol. The highest BCUT2D eigenvalue weighted by Crippen LogP contribution is 1.88. The highest BCUT2D eigenvalue weighted by atomic mass is 16.5. The largest absolute Gasteiger partial charge is 0.457 e. The average Bonchev–Trinajstić information content (AvgIpc) is 2.06. The molecule has 0 aliphatic carbocycles. The minimum Gasteiger partial charge on any atom is -0.457 e. The first-order valence-electron chi connectivity index (χ1n) is 2.87. The van der Waals surface area contributed by atoms with E-state index in [2.05, 4.69) is 11.3 Å². The molecule has 0 fully saturated rings. The molecule has 0 spiro atoms. The highest BCUT2D eigenvalue weighted by molar-refractivity contribution is 5.81. The number of esters is 1. The number of carbonyl (C=O) groups excluding carboxylic acids is 2. The van der Waals surface area contributed by atoms with Gasteiger partial charge in [0.15, 0.2) is 0 Å². The molecule has 0 atom stereocenters. The Bertz CT molecular complexity index is 200. The van der Waals surface area contributed by atoms with E-state index in [1.165, 1.54) is 5.94 Å². The Morgan fingerprint density at radius 2 is 2.36 bits per heavy atom. The zero-order valence-electron chi connectivity index (χ0n) is 5.87. The number of aliphatic hydroxyl groups is 1. The van der Waals surface area contributed by atoms with Crippen LogP contribution in [0.3, 0.4) is 0 Å². The third kappa shape index (κ3) is 4.08. The average molecular weight is 156 g/mol. The molecule has 0 aliphatic heterocycles. The molecule has 0 aromatic carbocycles. The van der Waals surface area contributed by atoms with E-state index >= 15 is 0 Å². The molecule has 0 unspecified atom stereocenters. The summed E-state index contributed by atoms with van der Waals surface area (Å²) in [4.78, 5) is 20.3. The molecule has 0 rings (SSSR count). The molecule has 11 heavy (non-hydrogen) atoms. The van der Waals surface area contributed by atoms with Crippen LogP contribution in [0.2, 0.25) is 0 Å². The van der Waals surface area contributed by atoms with Gasteiger partial charge in [-0.3, -0.25) is 0 Å². The van der Waals surface area contributed by atoms with Crippen LogP contribution in [0.1, 0.15) is 0 Å². The molecule has 4 heteroatoms. The van der Waals surface area contributed by atoms with Gasteiger partial charge in [-0.1, -0.05) is 6.58 Å². The summed E-state index contributed by atoms with van der Waals surface area (Å²) in [7, 11) is 0. The van der Waals surface area contributed by atoms with Crippen LogP contribution < -0.4 is 0 Å². The van der Waals surface area contributed by atoms with Crippen LogP contribution in [0.5, 0.6) is 0 Å². The van der Waals surface area contributed by atoms with Gasteiger partial charge >= 0.3 is 5.97 Å². The van der Waals surface area contributed by atoms with Crippen molar-refractivity contribution in [2.75, 3.05) is 13.2 Å². The number of rotatable bonds is 4. The molecule has 0 saturated carbocycles. The summed E-state index contributed by atoms with van der Waals surface area (Å²) >= 11 is 0. The molecule has 0 aliphatic rings. The lowest BCUT2D eigenvalue weighted by molar-refractivity contribution is -0.136. The summed E-state index contributed by atoms with van der Waals surface area (Å²) < 4.78 is 4.42. The van der Waals surface area contributed by atoms with Crippen LogP contribution in [-0.2, 0) is 14.3 Å². The van der Waals surface area contributed by atoms with E-state index < -0.39 is 12.6 Å². The maximum Gasteiger partial charge on any atom is 0.330 e. The fourth-order valence-electron chi connectivity index (χ4n) is 0.325. The van der Waals surface area contributed by atoms with E-state index in [0.29, 0.717) is 0 Å². The fourth-order valence-corrected chi connectivity index (χ4v) is 0.325. The van der Waals surface area contributed by atoms with Crippen molar-refractivity contribution in [3.8, 4) is 0 Å². The molecule has 0 bridgehead atoms. The molecule has 0 radical (unpaired) electrons. The Hall–Kier alpha value is -1.38. The monoisotopic (exact) mass is 156 g/mol. The lowest BCUT2D eigenvalue weighted by Gasteiger charge is -1.98. The summed E-state index contributed by atoms with van der Waals surface area (Å²) in [5.41, 5.74) is 0.000185. The van der Waals surface area contributed by atoms with E-state index in [0.717, 1.165) is 6.08 Å². The molecule has 0 aromatic heterocycles. The van der Waals surface area contributed by atoms with Crippen molar-refractivity contribution in [2.45, 2.75) is 0 Å². The first-order valence-corrected chi connectivity index (χ1v) is 2.87. The lowest BCUT2D eigenvalue weighted by atomic mass is 10.3. The quantitative estimate of drug-likeness (QED) is 0.337. The van der Waals surface area contributed by atoms with Crippen LogP contribution in [0, 0.1) is 0 Å². The van der Waals surface area contributed by atoms with Gasteiger partial charge in [0.05, 0.1) is 12.2 Å². The molecule has 0 amide bonds. The number of hydrogen-bond donors (Lipinski definition) is 1. The van der Waals surface area contributed by atoms with Gasteiger partial charge in [-0.15, -0.1) is 0 Å². The Morgan fingerprint density at radius 1 is 1.73 bits per heavy atom. The van der Waals surface area contributed by atoms with Crippen LogP contribution >= 0.6 is 0 Å². The number of hydrogen-bond acceptors (Lipinski definition) is 4. The van der Waals surface area contributed by atoms with Crippen molar-refractivity contribution in [1.82, 2.24) is 0 Å². The van der Waals surface area contributed by atoms with Crippen molar-refractivity contribution in [3.05, 3.63) is 18.2 Å². The van der Waals surface area contributed by atoms with Crippen LogP contribution in [0.25, 0.3) is 0 Å². The van der Waals surface area contributed by atoms with E-state index in [4.69, 9.17) is 5.11 Å². The SMILES string of the molecule is C=CC(=O)OCC(=C=O)CO. The van der Waals surface area contributed by atoms with Gasteiger partial charge in [0.25, 0.3) is 0 Å². The first-order chi connectivity index (χ1) is 5.24. The third-order valence-corrected chi connectivity index (χ3v) is 0.891. The summed E-state index contributed by atoms with van der Waals surface area (Å²) in [5.74, 6) is 0.803. The van der Waals surface area contributed by atoms with Crippen molar-refractivity contribution in [2.24, 2.45) is 0 Å². The Labute approximate surface area is 63.8 Å². The zero-order chi connectivity index (χ0) is 8.69. The van der Waals surface area contributed by atoms with Crippen molar-refractivity contribution in [3.63, 3.8) is 0 Å². The smallest absolute Gasteiger partial charge is 0.330 e. The summed E-state index contributed by atoms with van der Waals surface area (Å²) in [5, 5.41) is 8.39. The van der Waals surface area contributed by atoms with E-state index in [9.17, 15) is 9.59 Å². The number of carbonyl (C=O) groups is 1. The van der Waals surface area contributed by atoms with Crippen LogP contribution in [0.4, 0.5) is 0 Å². The molecule has 4 nitrogen and oxygen atoms in total. The first kappa shape index (κ1) is 9.62. The number of aliphatic hydroxyl groups excluding tert-OH is 1. The molecular formula is C7H8O4. The van der Waals surface area contributed by atoms with Gasteiger partial charge in [-0.05, 0) is 0 Å². The van der Waals surface area contributed by atoms with Gasteiger partial charge in [-0.2, -0.15) is 0 Å². The van der Waals surface area contributed by atoms with Crippen LogP contribution in [0.15, 0.2) is 18.2 Å². The van der Waals surface area contributed by atoms with Crippen molar-refractivity contribution >= 4 is 11.9 Å². The zero-order valence-corrected chi connectivity index (χ0v) is 5.87. The summed E-state index contributed by atoms with van der Waals surface area (Å²) in [6, 6.07) is 0. The summed E-state index contributed by atoms with van der Waals surface area (Å²) in [6.07, 6.45) is 0.972. The maximum atomic E-state index is 10.4. The second-order valence-electron chi connectivity index (χ2n) is 1.68. The molecule has 60 valence electrons. The Kier molecular flexibility index (Phi) is 4.73. The maximum absolute atomic E-state index is 10.4. The Balaban J connectivity index is 3.78. The minimum atomic E-state index is -0.633. The van der Waals surface area contributed by atoms with Crippen LogP contribution in [-0.4, -0.2) is 30.2 Å². The summed E-state index contributed by atoms with van der Waals surface area (Å²) in [6.45, 7) is 2.46. The molecule has 0 heterocycles. The van der Waals surface area contributed by atoms with E-state index in [-0.39, 0.29) is 12.2 Å². The van der Waals surface area contributed by atoms with E-state index in [1.54, 1.807) is 0 Å². The molecule has 0 saturated heterocycles. The van der Waals surface area contributed by atoms with Gasteiger partial charge in [-0.25, -0.2) is 9.59 Å². The Morgan fingerprint density at radius 3 is 2.73 bits per heavy atom. The topological polar surface area (TPSA) is 63.6 Å². The highest BCUT2D eigenvalue weighted by Gasteiger charge is 1.99. The minimum absolute atomic E-state index is 0.000185. The second-order valence-corrected chi connectivity index (χ2v) is 1.68. The van der Waals surface area contributed by atoms with Gasteiger partial charge in [0.2, 0.25) is 0 Å². The molecular weight excluding hydrogens is 148 g/mol. The van der Waals surface area contributed by atoms with E-state index in [1.807, 2.05) is 0 Å². The normalized spacial score (nSPS) is 8.09. The standard InChI is InChI=1S/C7H8O4/c1-2-7(10)11-5-6(3-8)4-9/h2,8H,1,3,5H2. The fraction of sp³-hybridized carbons (Fsp3) is 0.286. The van der Waals surface area contributed by atoms with Gasteiger partial charge in [0, 0.05) is 6.08 Å². The second kappa shape index (κ2) is 5.41. The molecule has 1 N–H and O–H groups in total. The third-order valence-electron chi connectivity index (χ3n) is 0.891. The van der Waals surface area contributed by atoms with Crippen molar-refractivity contribution < 1.29 is 19.4 Å². The molecule has 0 aromatic rings. The number of ether oxygens (including phenoxy) is 1. The van der Waals surface area contributed by atoms with Crippen molar-refractivity contribution in [1.29, 1.82) is 0 Å². The van der Waals surface area contributed by atoms with Gasteiger partial charge in [0.1, 0.15) is 12.5 Å². The lowest BCUT2D eigenvalue weighted by Crippen LogP contribution is -2.07.